The number of halogens is 2. The summed E-state index contributed by atoms with van der Waals surface area (Å²) < 4.78 is 52.4. The van der Waals surface area contributed by atoms with E-state index in [0.29, 0.717) is 6.07 Å². The van der Waals surface area contributed by atoms with Crippen molar-refractivity contribution in [3.8, 4) is 0 Å². The highest BCUT2D eigenvalue weighted by molar-refractivity contribution is 7.93. The summed E-state index contributed by atoms with van der Waals surface area (Å²) in [5, 5.41) is 13.0. The van der Waals surface area contributed by atoms with Crippen LogP contribution in [0.5, 0.6) is 0 Å². The van der Waals surface area contributed by atoms with Gasteiger partial charge in [0, 0.05) is 11.4 Å². The van der Waals surface area contributed by atoms with Gasteiger partial charge in [-0.05, 0) is 19.1 Å². The van der Waals surface area contributed by atoms with E-state index in [1.54, 1.807) is 0 Å². The van der Waals surface area contributed by atoms with Gasteiger partial charge in [0.15, 0.2) is 5.13 Å². The maximum atomic E-state index is 13.5. The quantitative estimate of drug-likeness (QED) is 0.511. The molecule has 0 amide bonds. The molecule has 2 aromatic rings. The minimum Gasteiger partial charge on any atom is -0.411 e. The molecule has 1 aromatic heterocycles. The minimum absolute atomic E-state index is 0.0308. The second-order valence-electron chi connectivity index (χ2n) is 3.90. The van der Waals surface area contributed by atoms with Gasteiger partial charge in [-0.15, -0.1) is 11.3 Å². The molecule has 0 atom stereocenters. The number of hydrogen-bond acceptors (Lipinski definition) is 6. The Morgan fingerprint density at radius 3 is 2.76 bits per heavy atom. The Bertz CT molecular complexity index is 803. The van der Waals surface area contributed by atoms with Crippen LogP contribution in [0.25, 0.3) is 0 Å². The lowest BCUT2D eigenvalue weighted by Crippen LogP contribution is -2.14. The van der Waals surface area contributed by atoms with Gasteiger partial charge in [0.25, 0.3) is 10.0 Å². The SMILES string of the molecule is CC(=NO)c1csc(NS(=O)(=O)c2ccc(F)cc2F)n1. The van der Waals surface area contributed by atoms with E-state index >= 15 is 0 Å². The molecule has 2 rings (SSSR count). The summed E-state index contributed by atoms with van der Waals surface area (Å²) in [6.07, 6.45) is 0. The van der Waals surface area contributed by atoms with Crippen LogP contribution in [0.15, 0.2) is 33.6 Å². The molecule has 2 N–H and O–H groups in total. The molecule has 0 fully saturated rings. The Kier molecular flexibility index (Phi) is 4.19. The largest absolute Gasteiger partial charge is 0.411 e. The number of nitrogens with zero attached hydrogens (tertiary/aromatic N) is 2. The normalized spacial score (nSPS) is 12.4. The molecule has 0 unspecified atom stereocenters. The Hall–Kier alpha value is -2.07. The first-order valence-electron chi connectivity index (χ1n) is 5.46. The summed E-state index contributed by atoms with van der Waals surface area (Å²) in [5.74, 6) is -2.08. The zero-order valence-corrected chi connectivity index (χ0v) is 12.2. The maximum Gasteiger partial charge on any atom is 0.266 e. The van der Waals surface area contributed by atoms with Gasteiger partial charge in [0.1, 0.15) is 27.9 Å². The van der Waals surface area contributed by atoms with E-state index in [0.717, 1.165) is 23.5 Å². The van der Waals surface area contributed by atoms with Crippen LogP contribution in [0.1, 0.15) is 12.6 Å². The first kappa shape index (κ1) is 15.3. The Morgan fingerprint density at radius 2 is 2.14 bits per heavy atom. The second-order valence-corrected chi connectivity index (χ2v) is 6.41. The molecule has 112 valence electrons. The Balaban J connectivity index is 2.31. The molecule has 21 heavy (non-hydrogen) atoms. The third kappa shape index (κ3) is 3.34. The molecular weight excluding hydrogens is 324 g/mol. The molecule has 0 bridgehead atoms. The van der Waals surface area contributed by atoms with Gasteiger partial charge in [-0.25, -0.2) is 22.2 Å². The van der Waals surface area contributed by atoms with Crippen LogP contribution in [0, 0.1) is 11.6 Å². The summed E-state index contributed by atoms with van der Waals surface area (Å²) in [4.78, 5) is 3.19. The van der Waals surface area contributed by atoms with Gasteiger partial charge in [-0.1, -0.05) is 5.16 Å². The van der Waals surface area contributed by atoms with E-state index < -0.39 is 26.6 Å². The molecule has 6 nitrogen and oxygen atoms in total. The van der Waals surface area contributed by atoms with Gasteiger partial charge in [-0.2, -0.15) is 0 Å². The molecule has 0 aliphatic carbocycles. The van der Waals surface area contributed by atoms with Gasteiger partial charge in [-0.3, -0.25) is 4.72 Å². The Labute approximate surface area is 122 Å². The van der Waals surface area contributed by atoms with Crippen molar-refractivity contribution in [2.75, 3.05) is 4.72 Å². The number of oxime groups is 1. The molecule has 0 aliphatic rings. The molecular formula is C11H9F2N3O3S2. The van der Waals surface area contributed by atoms with Crippen molar-refractivity contribution in [2.24, 2.45) is 5.16 Å². The first-order valence-corrected chi connectivity index (χ1v) is 7.82. The van der Waals surface area contributed by atoms with E-state index in [-0.39, 0.29) is 16.5 Å². The van der Waals surface area contributed by atoms with Crippen LogP contribution in [0.2, 0.25) is 0 Å². The van der Waals surface area contributed by atoms with Gasteiger partial charge < -0.3 is 5.21 Å². The highest BCUT2D eigenvalue weighted by Gasteiger charge is 2.21. The number of nitrogens with one attached hydrogen (secondary N) is 1. The van der Waals surface area contributed by atoms with Crippen LogP contribution in [0.4, 0.5) is 13.9 Å². The molecule has 1 heterocycles. The molecule has 0 radical (unpaired) electrons. The molecule has 0 saturated heterocycles. The lowest BCUT2D eigenvalue weighted by atomic mass is 10.3. The van der Waals surface area contributed by atoms with Crippen molar-refractivity contribution in [1.29, 1.82) is 0 Å². The van der Waals surface area contributed by atoms with Crippen molar-refractivity contribution in [1.82, 2.24) is 4.98 Å². The summed E-state index contributed by atoms with van der Waals surface area (Å²) in [6.45, 7) is 1.48. The van der Waals surface area contributed by atoms with Crippen molar-refractivity contribution < 1.29 is 22.4 Å². The smallest absolute Gasteiger partial charge is 0.266 e. The number of benzene rings is 1. The third-order valence-electron chi connectivity index (χ3n) is 2.43. The van der Waals surface area contributed by atoms with Crippen LogP contribution in [-0.4, -0.2) is 24.3 Å². The highest BCUT2D eigenvalue weighted by Crippen LogP contribution is 2.22. The fraction of sp³-hybridized carbons (Fsp3) is 0.0909. The zero-order valence-electron chi connectivity index (χ0n) is 10.5. The maximum absolute atomic E-state index is 13.5. The number of rotatable bonds is 4. The number of hydrogen-bond donors (Lipinski definition) is 2. The fourth-order valence-corrected chi connectivity index (χ4v) is 3.47. The summed E-state index contributed by atoms with van der Waals surface area (Å²) in [5.41, 5.74) is 0.476. The first-order chi connectivity index (χ1) is 9.83. The van der Waals surface area contributed by atoms with Gasteiger partial charge >= 0.3 is 0 Å². The average molecular weight is 333 g/mol. The molecule has 1 aromatic carbocycles. The van der Waals surface area contributed by atoms with Crippen molar-refractivity contribution in [3.05, 3.63) is 40.9 Å². The minimum atomic E-state index is -4.23. The summed E-state index contributed by atoms with van der Waals surface area (Å²) in [6, 6.07) is 2.14. The second kappa shape index (κ2) is 5.74. The van der Waals surface area contributed by atoms with Crippen molar-refractivity contribution in [3.63, 3.8) is 0 Å². The monoisotopic (exact) mass is 333 g/mol. The molecule has 10 heteroatoms. The average Bonchev–Trinajstić information content (AvgIpc) is 2.85. The highest BCUT2D eigenvalue weighted by atomic mass is 32.2. The van der Waals surface area contributed by atoms with E-state index in [4.69, 9.17) is 5.21 Å². The molecule has 0 spiro atoms. The van der Waals surface area contributed by atoms with E-state index in [1.165, 1.54) is 12.3 Å². The van der Waals surface area contributed by atoms with E-state index in [2.05, 4.69) is 14.9 Å². The van der Waals surface area contributed by atoms with Crippen LogP contribution in [0.3, 0.4) is 0 Å². The number of thiazole rings is 1. The van der Waals surface area contributed by atoms with Crippen LogP contribution < -0.4 is 4.72 Å². The molecule has 0 saturated carbocycles. The van der Waals surface area contributed by atoms with Crippen LogP contribution >= 0.6 is 11.3 Å². The predicted molar refractivity (Wildman–Crippen MR) is 73.3 cm³/mol. The van der Waals surface area contributed by atoms with Crippen LogP contribution in [-0.2, 0) is 10.0 Å². The fourth-order valence-electron chi connectivity index (χ4n) is 1.40. The number of anilines is 1. The van der Waals surface area contributed by atoms with E-state index in [9.17, 15) is 17.2 Å². The standard InChI is InChI=1S/C11H9F2N3O3S2/c1-6(15-17)9-5-20-11(14-9)16-21(18,19)10-3-2-7(12)4-8(10)13/h2-5,17H,1H3,(H,14,16). The Morgan fingerprint density at radius 1 is 1.43 bits per heavy atom. The third-order valence-corrected chi connectivity index (χ3v) is 4.69. The van der Waals surface area contributed by atoms with Crippen molar-refractivity contribution in [2.45, 2.75) is 11.8 Å². The van der Waals surface area contributed by atoms with Gasteiger partial charge in [0.05, 0.1) is 0 Å². The lowest BCUT2D eigenvalue weighted by Gasteiger charge is -2.06. The van der Waals surface area contributed by atoms with Crippen molar-refractivity contribution >= 4 is 32.2 Å². The summed E-state index contributed by atoms with van der Waals surface area (Å²) in [7, 11) is -4.23. The summed E-state index contributed by atoms with van der Waals surface area (Å²) >= 11 is 0.934. The van der Waals surface area contributed by atoms with E-state index in [1.807, 2.05) is 0 Å². The predicted octanol–water partition coefficient (Wildman–Crippen LogP) is 2.42. The number of sulfonamides is 1. The lowest BCUT2D eigenvalue weighted by molar-refractivity contribution is 0.319. The topological polar surface area (TPSA) is 91.7 Å². The number of aromatic nitrogens is 1. The molecule has 0 aliphatic heterocycles. The zero-order chi connectivity index (χ0) is 15.6. The van der Waals surface area contributed by atoms with Gasteiger partial charge in [0.2, 0.25) is 0 Å².